The summed E-state index contributed by atoms with van der Waals surface area (Å²) in [5, 5.41) is 2.51. The summed E-state index contributed by atoms with van der Waals surface area (Å²) in [5.41, 5.74) is 1.26. The van der Waals surface area contributed by atoms with E-state index in [9.17, 15) is 9.59 Å². The summed E-state index contributed by atoms with van der Waals surface area (Å²) in [4.78, 5) is 38.1. The zero-order valence-corrected chi connectivity index (χ0v) is 17.8. The molecule has 7 heteroatoms. The predicted molar refractivity (Wildman–Crippen MR) is 124 cm³/mol. The number of nitrogens with one attached hydrogen (secondary N) is 1. The van der Waals surface area contributed by atoms with Crippen LogP contribution < -0.4 is 5.56 Å². The molecule has 0 atom stereocenters. The normalized spacial score (nSPS) is 14.5. The smallest absolute Gasteiger partial charge is 0.259 e. The van der Waals surface area contributed by atoms with Gasteiger partial charge in [-0.15, -0.1) is 22.7 Å². The van der Waals surface area contributed by atoms with Crippen molar-refractivity contribution in [2.24, 2.45) is 0 Å². The van der Waals surface area contributed by atoms with Crippen molar-refractivity contribution in [1.82, 2.24) is 14.9 Å². The van der Waals surface area contributed by atoms with Gasteiger partial charge in [0.1, 0.15) is 10.7 Å². The highest BCUT2D eigenvalue weighted by molar-refractivity contribution is 7.21. The first kappa shape index (κ1) is 19.0. The van der Waals surface area contributed by atoms with E-state index in [0.29, 0.717) is 21.6 Å². The molecule has 1 saturated heterocycles. The Balaban J connectivity index is 1.62. The van der Waals surface area contributed by atoms with Crippen molar-refractivity contribution in [3.63, 3.8) is 0 Å². The number of fused-ring (bicyclic) bond motifs is 1. The maximum atomic E-state index is 13.2. The zero-order valence-electron chi connectivity index (χ0n) is 16.1. The minimum absolute atomic E-state index is 0.0803. The van der Waals surface area contributed by atoms with E-state index in [4.69, 9.17) is 4.98 Å². The van der Waals surface area contributed by atoms with Crippen LogP contribution in [0.2, 0.25) is 0 Å². The number of aromatic nitrogens is 2. The molecular formula is C23H19N3O2S2. The number of hydrogen-bond acceptors (Lipinski definition) is 5. The third-order valence-electron chi connectivity index (χ3n) is 5.17. The summed E-state index contributed by atoms with van der Waals surface area (Å²) in [7, 11) is 0. The third kappa shape index (κ3) is 3.62. The summed E-state index contributed by atoms with van der Waals surface area (Å²) >= 11 is 3.02. The number of carbonyl (C=O) groups excluding carboxylic acids is 1. The Morgan fingerprint density at radius 1 is 1.10 bits per heavy atom. The molecule has 1 aromatic carbocycles. The first-order valence-electron chi connectivity index (χ1n) is 9.83. The second-order valence-electron chi connectivity index (χ2n) is 7.18. The Bertz CT molecular complexity index is 1280. The van der Waals surface area contributed by atoms with E-state index < -0.39 is 0 Å². The van der Waals surface area contributed by atoms with Gasteiger partial charge in [0.25, 0.3) is 11.5 Å². The van der Waals surface area contributed by atoms with Crippen LogP contribution in [0.5, 0.6) is 0 Å². The monoisotopic (exact) mass is 433 g/mol. The summed E-state index contributed by atoms with van der Waals surface area (Å²) in [5.74, 6) is 0.252. The van der Waals surface area contributed by atoms with Gasteiger partial charge in [-0.1, -0.05) is 36.4 Å². The molecule has 4 aromatic rings. The highest BCUT2D eigenvalue weighted by Crippen LogP contribution is 2.32. The molecule has 0 bridgehead atoms. The largest absolute Gasteiger partial charge is 0.339 e. The van der Waals surface area contributed by atoms with E-state index in [2.05, 4.69) is 4.98 Å². The Morgan fingerprint density at radius 3 is 2.63 bits per heavy atom. The van der Waals surface area contributed by atoms with Gasteiger partial charge >= 0.3 is 0 Å². The topological polar surface area (TPSA) is 66.1 Å². The molecule has 5 rings (SSSR count). The van der Waals surface area contributed by atoms with Crippen molar-refractivity contribution in [1.29, 1.82) is 0 Å². The molecule has 1 amide bonds. The number of carbonyl (C=O) groups is 1. The summed E-state index contributed by atoms with van der Waals surface area (Å²) in [6, 6.07) is 15.7. The molecule has 0 aliphatic carbocycles. The quantitative estimate of drug-likeness (QED) is 0.467. The van der Waals surface area contributed by atoms with Gasteiger partial charge in [-0.2, -0.15) is 0 Å². The predicted octanol–water partition coefficient (Wildman–Crippen LogP) is 4.88. The molecule has 3 aromatic heterocycles. The van der Waals surface area contributed by atoms with Crippen LogP contribution in [-0.2, 0) is 4.79 Å². The van der Waals surface area contributed by atoms with E-state index >= 15 is 0 Å². The molecule has 0 spiro atoms. The Morgan fingerprint density at radius 2 is 1.90 bits per heavy atom. The lowest BCUT2D eigenvalue weighted by Crippen LogP contribution is -2.29. The van der Waals surface area contributed by atoms with Gasteiger partial charge in [-0.25, -0.2) is 4.98 Å². The standard InChI is InChI=1S/C23H19N3O2S2/c27-21-18-14-19(15-7-2-1-3-8-15)30-22(18)25-20(24-21)17(13-16-9-6-12-29-16)23(28)26-10-4-5-11-26/h1-3,6-9,12-14H,4-5,10-11H2,(H,24,25,27)/b17-13+. The lowest BCUT2D eigenvalue weighted by Gasteiger charge is -2.17. The zero-order chi connectivity index (χ0) is 20.5. The fourth-order valence-corrected chi connectivity index (χ4v) is 5.34. The summed E-state index contributed by atoms with van der Waals surface area (Å²) in [6.45, 7) is 1.48. The van der Waals surface area contributed by atoms with Crippen LogP contribution >= 0.6 is 22.7 Å². The Kier molecular flexibility index (Phi) is 5.06. The Hall–Kier alpha value is -3.03. The van der Waals surface area contributed by atoms with Gasteiger partial charge in [0.05, 0.1) is 11.0 Å². The second kappa shape index (κ2) is 8.01. The van der Waals surface area contributed by atoms with Crippen molar-refractivity contribution in [2.75, 3.05) is 13.1 Å². The number of hydrogen-bond donors (Lipinski definition) is 1. The van der Waals surface area contributed by atoms with Crippen LogP contribution in [0, 0.1) is 0 Å². The molecule has 1 aliphatic rings. The molecular weight excluding hydrogens is 414 g/mol. The van der Waals surface area contributed by atoms with Crippen LogP contribution in [0.15, 0.2) is 58.7 Å². The van der Waals surface area contributed by atoms with Crippen molar-refractivity contribution < 1.29 is 4.79 Å². The number of thiophene rings is 2. The van der Waals surface area contributed by atoms with Crippen LogP contribution in [0.25, 0.3) is 32.3 Å². The molecule has 150 valence electrons. The SMILES string of the molecule is O=C(/C(=C/c1cccs1)c1nc2sc(-c3ccccc3)cc2c(=O)[nH]1)N1CCCC1. The lowest BCUT2D eigenvalue weighted by molar-refractivity contribution is -0.123. The first-order chi connectivity index (χ1) is 14.7. The molecule has 1 fully saturated rings. The number of likely N-dealkylation sites (tertiary alicyclic amines) is 1. The maximum Gasteiger partial charge on any atom is 0.259 e. The Labute approximate surface area is 181 Å². The number of nitrogens with zero attached hydrogens (tertiary/aromatic N) is 2. The van der Waals surface area contributed by atoms with E-state index in [1.165, 1.54) is 11.3 Å². The van der Waals surface area contributed by atoms with Crippen LogP contribution in [-0.4, -0.2) is 33.9 Å². The number of H-pyrrole nitrogens is 1. The highest BCUT2D eigenvalue weighted by atomic mass is 32.1. The van der Waals surface area contributed by atoms with Gasteiger partial charge in [-0.3, -0.25) is 9.59 Å². The minimum Gasteiger partial charge on any atom is -0.339 e. The maximum absolute atomic E-state index is 13.2. The van der Waals surface area contributed by atoms with Crippen molar-refractivity contribution in [3.05, 3.63) is 75.0 Å². The molecule has 1 aliphatic heterocycles. The fourth-order valence-electron chi connectivity index (χ4n) is 3.64. The van der Waals surface area contributed by atoms with Crippen molar-refractivity contribution in [2.45, 2.75) is 12.8 Å². The number of aromatic amines is 1. The lowest BCUT2D eigenvalue weighted by atomic mass is 10.1. The number of amides is 1. The van der Waals surface area contributed by atoms with E-state index in [0.717, 1.165) is 41.2 Å². The third-order valence-corrected chi connectivity index (χ3v) is 7.07. The molecule has 30 heavy (non-hydrogen) atoms. The average molecular weight is 434 g/mol. The van der Waals surface area contributed by atoms with Gasteiger partial charge in [0.2, 0.25) is 0 Å². The average Bonchev–Trinajstić information content (AvgIpc) is 3.54. The summed E-state index contributed by atoms with van der Waals surface area (Å²) in [6.07, 6.45) is 3.85. The molecule has 4 heterocycles. The molecule has 1 N–H and O–H groups in total. The minimum atomic E-state index is -0.222. The van der Waals surface area contributed by atoms with E-state index in [1.807, 2.05) is 64.9 Å². The van der Waals surface area contributed by atoms with E-state index in [1.54, 1.807) is 11.3 Å². The molecule has 0 radical (unpaired) electrons. The van der Waals surface area contributed by atoms with E-state index in [-0.39, 0.29) is 11.5 Å². The second-order valence-corrected chi connectivity index (χ2v) is 9.19. The molecule has 0 unspecified atom stereocenters. The number of benzene rings is 1. The summed E-state index contributed by atoms with van der Waals surface area (Å²) < 4.78 is 0. The number of rotatable bonds is 4. The first-order valence-corrected chi connectivity index (χ1v) is 11.5. The van der Waals surface area contributed by atoms with Crippen LogP contribution in [0.1, 0.15) is 23.5 Å². The van der Waals surface area contributed by atoms with Crippen molar-refractivity contribution >= 4 is 50.4 Å². The van der Waals surface area contributed by atoms with Crippen LogP contribution in [0.4, 0.5) is 0 Å². The molecule has 5 nitrogen and oxygen atoms in total. The van der Waals surface area contributed by atoms with Crippen molar-refractivity contribution in [3.8, 4) is 10.4 Å². The van der Waals surface area contributed by atoms with Crippen LogP contribution in [0.3, 0.4) is 0 Å². The molecule has 0 saturated carbocycles. The van der Waals surface area contributed by atoms with Gasteiger partial charge in [0.15, 0.2) is 0 Å². The van der Waals surface area contributed by atoms with Gasteiger partial charge in [0, 0.05) is 22.8 Å². The highest BCUT2D eigenvalue weighted by Gasteiger charge is 2.25. The fraction of sp³-hybridized carbons (Fsp3) is 0.174. The van der Waals surface area contributed by atoms with Gasteiger partial charge < -0.3 is 9.88 Å². The van der Waals surface area contributed by atoms with Gasteiger partial charge in [-0.05, 0) is 42.0 Å².